The van der Waals surface area contributed by atoms with Crippen LogP contribution in [0.4, 0.5) is 10.5 Å². The van der Waals surface area contributed by atoms with Crippen LogP contribution in [0.25, 0.3) is 0 Å². The highest BCUT2D eigenvalue weighted by Gasteiger charge is 2.67. The average Bonchev–Trinajstić information content (AvgIpc) is 3.47. The fourth-order valence-electron chi connectivity index (χ4n) is 5.30. The van der Waals surface area contributed by atoms with E-state index in [4.69, 9.17) is 14.2 Å². The molecule has 9 nitrogen and oxygen atoms in total. The van der Waals surface area contributed by atoms with E-state index >= 15 is 0 Å². The van der Waals surface area contributed by atoms with Crippen LogP contribution in [-0.4, -0.2) is 85.9 Å². The lowest BCUT2D eigenvalue weighted by molar-refractivity contribution is -0.141. The number of carbonyl (C=O) groups excluding carboxylic acids is 3. The summed E-state index contributed by atoms with van der Waals surface area (Å²) in [5, 5.41) is 0. The summed E-state index contributed by atoms with van der Waals surface area (Å²) < 4.78 is 16.5. The molecule has 4 aliphatic rings. The van der Waals surface area contributed by atoms with E-state index in [1.54, 1.807) is 28.7 Å². The molecule has 4 aliphatic heterocycles. The van der Waals surface area contributed by atoms with Crippen molar-refractivity contribution in [2.45, 2.75) is 18.6 Å². The smallest absolute Gasteiger partial charge is 0.409 e. The summed E-state index contributed by atoms with van der Waals surface area (Å²) in [5.74, 6) is -0.559. The fraction of sp³-hybridized carbons (Fsp3) is 0.522. The number of rotatable bonds is 4. The molecule has 1 aromatic carbocycles. The molecule has 4 heterocycles. The maximum atomic E-state index is 13.5. The lowest BCUT2D eigenvalue weighted by Crippen LogP contribution is -2.54. The molecule has 0 radical (unpaired) electrons. The van der Waals surface area contributed by atoms with E-state index in [2.05, 4.69) is 0 Å². The summed E-state index contributed by atoms with van der Waals surface area (Å²) in [6, 6.07) is 7.31. The van der Waals surface area contributed by atoms with Crippen LogP contribution in [0.3, 0.4) is 0 Å². The zero-order valence-electron chi connectivity index (χ0n) is 18.2. The van der Waals surface area contributed by atoms with Gasteiger partial charge in [-0.15, -0.1) is 0 Å². The number of hydrogen-bond acceptors (Lipinski definition) is 6. The quantitative estimate of drug-likeness (QED) is 0.654. The van der Waals surface area contributed by atoms with E-state index in [0.717, 1.165) is 5.69 Å². The molecule has 0 saturated carbocycles. The first-order chi connectivity index (χ1) is 15.5. The molecule has 4 unspecified atom stereocenters. The molecule has 170 valence electrons. The molecule has 3 amide bonds. The summed E-state index contributed by atoms with van der Waals surface area (Å²) in [6.45, 7) is 4.14. The number of nitrogens with zero attached hydrogens (tertiary/aromatic N) is 3. The van der Waals surface area contributed by atoms with Crippen LogP contribution in [0.2, 0.25) is 0 Å². The Labute approximate surface area is 186 Å². The van der Waals surface area contributed by atoms with E-state index in [1.165, 1.54) is 0 Å². The Morgan fingerprint density at radius 1 is 1.12 bits per heavy atom. The van der Waals surface area contributed by atoms with Crippen molar-refractivity contribution in [2.24, 2.45) is 11.8 Å². The maximum absolute atomic E-state index is 13.5. The summed E-state index contributed by atoms with van der Waals surface area (Å²) in [6.07, 6.45) is 3.12. The van der Waals surface area contributed by atoms with E-state index in [0.29, 0.717) is 45.1 Å². The normalized spacial score (nSPS) is 30.6. The molecule has 1 aromatic rings. The third-order valence-corrected chi connectivity index (χ3v) is 6.89. The van der Waals surface area contributed by atoms with Gasteiger partial charge in [0.1, 0.15) is 11.4 Å². The minimum atomic E-state index is -0.769. The van der Waals surface area contributed by atoms with E-state index < -0.39 is 23.5 Å². The number of amides is 3. The molecule has 3 fully saturated rings. The predicted octanol–water partition coefficient (Wildman–Crippen LogP) is 1.28. The number of piperazine rings is 1. The predicted molar refractivity (Wildman–Crippen MR) is 114 cm³/mol. The van der Waals surface area contributed by atoms with Gasteiger partial charge in [-0.2, -0.15) is 0 Å². The maximum Gasteiger partial charge on any atom is 0.409 e. The molecule has 5 rings (SSSR count). The average molecular weight is 441 g/mol. The van der Waals surface area contributed by atoms with Gasteiger partial charge in [-0.1, -0.05) is 12.2 Å². The lowest BCUT2D eigenvalue weighted by atomic mass is 9.76. The van der Waals surface area contributed by atoms with E-state index in [1.807, 2.05) is 36.4 Å². The van der Waals surface area contributed by atoms with Crippen LogP contribution in [0.15, 0.2) is 36.4 Å². The number of carbonyl (C=O) groups is 3. The minimum absolute atomic E-state index is 0.0836. The van der Waals surface area contributed by atoms with E-state index in [9.17, 15) is 14.4 Å². The molecule has 1 spiro atoms. The van der Waals surface area contributed by atoms with Crippen molar-refractivity contribution in [1.29, 1.82) is 0 Å². The van der Waals surface area contributed by atoms with Gasteiger partial charge in [-0.3, -0.25) is 9.59 Å². The monoisotopic (exact) mass is 441 g/mol. The molecular formula is C23H27N3O6. The van der Waals surface area contributed by atoms with Gasteiger partial charge in [0, 0.05) is 31.9 Å². The number of methoxy groups -OCH3 is 1. The summed E-state index contributed by atoms with van der Waals surface area (Å²) in [5.41, 5.74) is -0.0105. The third kappa shape index (κ3) is 3.14. The van der Waals surface area contributed by atoms with Gasteiger partial charge in [0.2, 0.25) is 11.8 Å². The summed E-state index contributed by atoms with van der Waals surface area (Å²) in [4.78, 5) is 44.0. The Balaban J connectivity index is 1.32. The van der Waals surface area contributed by atoms with Gasteiger partial charge in [0.25, 0.3) is 0 Å². The number of anilines is 1. The van der Waals surface area contributed by atoms with Crippen molar-refractivity contribution in [3.63, 3.8) is 0 Å². The second-order valence-electron chi connectivity index (χ2n) is 8.53. The number of ether oxygens (including phenoxy) is 3. The first-order valence-corrected chi connectivity index (χ1v) is 11.0. The Morgan fingerprint density at radius 3 is 2.47 bits per heavy atom. The van der Waals surface area contributed by atoms with Gasteiger partial charge in [0.15, 0.2) is 0 Å². The molecule has 0 aliphatic carbocycles. The SMILES string of the molecule is CCOC(=O)N1CCN(C(=O)C2C3C=CC4(CN(c5ccc(OC)cc5)C(=O)C24)O3)CC1. The highest BCUT2D eigenvalue weighted by Crippen LogP contribution is 2.53. The first kappa shape index (κ1) is 20.8. The molecule has 9 heteroatoms. The van der Waals surface area contributed by atoms with Gasteiger partial charge < -0.3 is 28.9 Å². The minimum Gasteiger partial charge on any atom is -0.497 e. The Bertz CT molecular complexity index is 955. The molecule has 32 heavy (non-hydrogen) atoms. The van der Waals surface area contributed by atoms with Crippen molar-refractivity contribution in [2.75, 3.05) is 51.3 Å². The topological polar surface area (TPSA) is 88.6 Å². The van der Waals surface area contributed by atoms with Crippen LogP contribution in [0.1, 0.15) is 6.92 Å². The fourth-order valence-corrected chi connectivity index (χ4v) is 5.30. The van der Waals surface area contributed by atoms with Gasteiger partial charge in [0.05, 0.1) is 38.2 Å². The second kappa shape index (κ2) is 7.81. The van der Waals surface area contributed by atoms with Crippen molar-refractivity contribution in [1.82, 2.24) is 9.80 Å². The van der Waals surface area contributed by atoms with Crippen molar-refractivity contribution in [3.8, 4) is 5.75 Å². The van der Waals surface area contributed by atoms with Crippen LogP contribution in [0, 0.1) is 11.8 Å². The molecule has 0 aromatic heterocycles. The number of hydrogen-bond donors (Lipinski definition) is 0. The van der Waals surface area contributed by atoms with Crippen LogP contribution < -0.4 is 9.64 Å². The van der Waals surface area contributed by atoms with Crippen LogP contribution in [0.5, 0.6) is 5.75 Å². The Kier molecular flexibility index (Phi) is 5.08. The summed E-state index contributed by atoms with van der Waals surface area (Å²) in [7, 11) is 1.60. The zero-order chi connectivity index (χ0) is 22.5. The van der Waals surface area contributed by atoms with Gasteiger partial charge in [-0.05, 0) is 31.2 Å². The number of fused-ring (bicyclic) bond motifs is 1. The zero-order valence-corrected chi connectivity index (χ0v) is 18.2. The van der Waals surface area contributed by atoms with E-state index in [-0.39, 0.29) is 17.9 Å². The Morgan fingerprint density at radius 2 is 1.81 bits per heavy atom. The highest BCUT2D eigenvalue weighted by molar-refractivity contribution is 6.03. The molecule has 3 saturated heterocycles. The van der Waals surface area contributed by atoms with Crippen molar-refractivity contribution in [3.05, 3.63) is 36.4 Å². The Hall–Kier alpha value is -3.07. The molecular weight excluding hydrogens is 414 g/mol. The third-order valence-electron chi connectivity index (χ3n) is 6.89. The van der Waals surface area contributed by atoms with Crippen molar-refractivity contribution < 1.29 is 28.6 Å². The number of benzene rings is 1. The largest absolute Gasteiger partial charge is 0.497 e. The lowest BCUT2D eigenvalue weighted by Gasteiger charge is -2.36. The van der Waals surface area contributed by atoms with Crippen LogP contribution >= 0.6 is 0 Å². The standard InChI is InChI=1S/C23H27N3O6/c1-3-31-22(29)25-12-10-24(11-13-25)20(27)18-17-8-9-23(32-17)14-26(21(28)19(18)23)15-4-6-16(30-2)7-5-15/h4-9,17-19H,3,10-14H2,1-2H3. The molecule has 0 N–H and O–H groups in total. The summed E-state index contributed by atoms with van der Waals surface area (Å²) >= 11 is 0. The molecule has 4 atom stereocenters. The first-order valence-electron chi connectivity index (χ1n) is 11.0. The van der Waals surface area contributed by atoms with Crippen LogP contribution in [-0.2, 0) is 19.1 Å². The highest BCUT2D eigenvalue weighted by atomic mass is 16.6. The molecule has 2 bridgehead atoms. The van der Waals surface area contributed by atoms with Gasteiger partial charge >= 0.3 is 6.09 Å². The van der Waals surface area contributed by atoms with Gasteiger partial charge in [-0.25, -0.2) is 4.79 Å². The van der Waals surface area contributed by atoms with Crippen molar-refractivity contribution >= 4 is 23.6 Å². The second-order valence-corrected chi connectivity index (χ2v) is 8.53.